The van der Waals surface area contributed by atoms with Crippen LogP contribution in [-0.4, -0.2) is 9.97 Å². The Labute approximate surface area is 112 Å². The number of hydrogen-bond acceptors (Lipinski definition) is 2. The summed E-state index contributed by atoms with van der Waals surface area (Å²) in [7, 11) is 0. The minimum Gasteiger partial charge on any atom is -0.344 e. The molecule has 0 bridgehead atoms. The lowest BCUT2D eigenvalue weighted by Crippen LogP contribution is -2.36. The molecule has 19 heavy (non-hydrogen) atoms. The van der Waals surface area contributed by atoms with Crippen molar-refractivity contribution in [2.24, 2.45) is 11.7 Å². The van der Waals surface area contributed by atoms with Crippen LogP contribution in [0.2, 0.25) is 0 Å². The smallest absolute Gasteiger partial charge is 0.127 e. The lowest BCUT2D eigenvalue weighted by atomic mass is 9.97. The highest BCUT2D eigenvalue weighted by Crippen LogP contribution is 2.43. The second-order valence-corrected chi connectivity index (χ2v) is 5.62. The molecule has 1 aliphatic carbocycles. The molecule has 1 aromatic carbocycles. The number of aromatic amines is 1. The van der Waals surface area contributed by atoms with Crippen molar-refractivity contribution in [3.8, 4) is 11.3 Å². The van der Waals surface area contributed by atoms with Gasteiger partial charge in [0.1, 0.15) is 11.6 Å². The minimum absolute atomic E-state index is 0.237. The third-order valence-electron chi connectivity index (χ3n) is 3.94. The molecule has 4 heteroatoms. The van der Waals surface area contributed by atoms with Crippen LogP contribution in [0.4, 0.5) is 4.39 Å². The Morgan fingerprint density at radius 2 is 1.95 bits per heavy atom. The number of aryl methyl sites for hydroxylation is 1. The van der Waals surface area contributed by atoms with Gasteiger partial charge in [0.05, 0.1) is 11.2 Å². The molecule has 1 heterocycles. The normalized spacial score (nSPS) is 18.3. The summed E-state index contributed by atoms with van der Waals surface area (Å²) in [5.41, 5.74) is 8.71. The first kappa shape index (κ1) is 12.4. The van der Waals surface area contributed by atoms with Gasteiger partial charge in [-0.1, -0.05) is 0 Å². The molecular formula is C15H18FN3. The monoisotopic (exact) mass is 259 g/mol. The van der Waals surface area contributed by atoms with Gasteiger partial charge in [0.2, 0.25) is 0 Å². The molecule has 0 radical (unpaired) electrons. The molecule has 100 valence electrons. The fourth-order valence-corrected chi connectivity index (χ4v) is 2.48. The summed E-state index contributed by atoms with van der Waals surface area (Å²) in [4.78, 5) is 7.93. The van der Waals surface area contributed by atoms with Gasteiger partial charge in [-0.3, -0.25) is 0 Å². The van der Waals surface area contributed by atoms with Gasteiger partial charge in [0, 0.05) is 11.3 Å². The second kappa shape index (κ2) is 4.17. The first-order valence-electron chi connectivity index (χ1n) is 6.60. The minimum atomic E-state index is -0.400. The van der Waals surface area contributed by atoms with E-state index in [2.05, 4.69) is 9.97 Å². The van der Waals surface area contributed by atoms with Crippen molar-refractivity contribution in [3.05, 3.63) is 41.6 Å². The number of nitrogens with zero attached hydrogens (tertiary/aromatic N) is 1. The van der Waals surface area contributed by atoms with E-state index in [4.69, 9.17) is 5.73 Å². The summed E-state index contributed by atoms with van der Waals surface area (Å²) in [6.07, 6.45) is 2.33. The zero-order chi connectivity index (χ0) is 13.6. The van der Waals surface area contributed by atoms with Gasteiger partial charge < -0.3 is 10.7 Å². The van der Waals surface area contributed by atoms with Crippen LogP contribution in [0.1, 0.15) is 31.3 Å². The molecule has 1 fully saturated rings. The molecule has 1 saturated carbocycles. The maximum Gasteiger partial charge on any atom is 0.127 e. The van der Waals surface area contributed by atoms with E-state index in [0.717, 1.165) is 22.8 Å². The topological polar surface area (TPSA) is 54.7 Å². The Morgan fingerprint density at radius 3 is 2.53 bits per heavy atom. The van der Waals surface area contributed by atoms with Crippen LogP contribution in [0.15, 0.2) is 24.3 Å². The molecule has 0 amide bonds. The van der Waals surface area contributed by atoms with E-state index < -0.39 is 5.54 Å². The van der Waals surface area contributed by atoms with E-state index in [1.165, 1.54) is 25.0 Å². The van der Waals surface area contributed by atoms with Gasteiger partial charge in [0.15, 0.2) is 0 Å². The van der Waals surface area contributed by atoms with Crippen LogP contribution in [0.25, 0.3) is 11.3 Å². The van der Waals surface area contributed by atoms with Crippen molar-refractivity contribution >= 4 is 0 Å². The van der Waals surface area contributed by atoms with Gasteiger partial charge in [-0.2, -0.15) is 0 Å². The Hall–Kier alpha value is -1.68. The summed E-state index contributed by atoms with van der Waals surface area (Å²) >= 11 is 0. The molecule has 0 aliphatic heterocycles. The zero-order valence-corrected chi connectivity index (χ0v) is 11.2. The van der Waals surface area contributed by atoms with E-state index in [-0.39, 0.29) is 5.82 Å². The molecule has 0 saturated heterocycles. The van der Waals surface area contributed by atoms with E-state index in [1.807, 2.05) is 13.8 Å². The summed E-state index contributed by atoms with van der Waals surface area (Å²) in [5.74, 6) is 1.10. The lowest BCUT2D eigenvalue weighted by Gasteiger charge is -2.21. The highest BCUT2D eigenvalue weighted by atomic mass is 19.1. The molecular weight excluding hydrogens is 241 g/mol. The molecule has 1 unspecified atom stereocenters. The van der Waals surface area contributed by atoms with Crippen molar-refractivity contribution in [2.75, 3.05) is 0 Å². The summed E-state index contributed by atoms with van der Waals surface area (Å²) < 4.78 is 13.0. The number of hydrogen-bond donors (Lipinski definition) is 2. The summed E-state index contributed by atoms with van der Waals surface area (Å²) in [6.45, 7) is 4.00. The Bertz CT molecular complexity index is 594. The molecule has 3 rings (SSSR count). The average Bonchev–Trinajstić information content (AvgIpc) is 3.15. The Kier molecular flexibility index (Phi) is 2.71. The van der Waals surface area contributed by atoms with Crippen molar-refractivity contribution in [2.45, 2.75) is 32.2 Å². The number of nitrogens with two attached hydrogens (primary N) is 1. The summed E-state index contributed by atoms with van der Waals surface area (Å²) in [5, 5.41) is 0. The maximum absolute atomic E-state index is 13.0. The third kappa shape index (κ3) is 2.16. The molecule has 3 nitrogen and oxygen atoms in total. The van der Waals surface area contributed by atoms with Crippen LogP contribution in [0.5, 0.6) is 0 Å². The largest absolute Gasteiger partial charge is 0.344 e. The Morgan fingerprint density at radius 1 is 1.32 bits per heavy atom. The van der Waals surface area contributed by atoms with E-state index >= 15 is 0 Å². The van der Waals surface area contributed by atoms with Crippen molar-refractivity contribution < 1.29 is 4.39 Å². The van der Waals surface area contributed by atoms with Crippen LogP contribution < -0.4 is 5.73 Å². The number of aromatic nitrogens is 2. The van der Waals surface area contributed by atoms with Crippen molar-refractivity contribution in [1.29, 1.82) is 0 Å². The van der Waals surface area contributed by atoms with Gasteiger partial charge in [0.25, 0.3) is 0 Å². The highest BCUT2D eigenvalue weighted by Gasteiger charge is 2.42. The van der Waals surface area contributed by atoms with Crippen LogP contribution in [0, 0.1) is 18.7 Å². The lowest BCUT2D eigenvalue weighted by molar-refractivity contribution is 0.404. The Balaban J connectivity index is 1.99. The number of rotatable bonds is 3. The molecule has 1 atom stereocenters. The SMILES string of the molecule is Cc1[nH]c(C(C)(N)C2CC2)nc1-c1ccc(F)cc1. The third-order valence-corrected chi connectivity index (χ3v) is 3.94. The first-order chi connectivity index (χ1) is 8.98. The van der Waals surface area contributed by atoms with Crippen molar-refractivity contribution in [3.63, 3.8) is 0 Å². The predicted octanol–water partition coefficient (Wildman–Crippen LogP) is 3.11. The highest BCUT2D eigenvalue weighted by molar-refractivity contribution is 5.62. The first-order valence-corrected chi connectivity index (χ1v) is 6.60. The number of halogens is 1. The van der Waals surface area contributed by atoms with Crippen LogP contribution in [0.3, 0.4) is 0 Å². The zero-order valence-electron chi connectivity index (χ0n) is 11.2. The van der Waals surface area contributed by atoms with E-state index in [0.29, 0.717) is 5.92 Å². The average molecular weight is 259 g/mol. The van der Waals surface area contributed by atoms with E-state index in [9.17, 15) is 4.39 Å². The molecule has 2 aromatic rings. The number of H-pyrrole nitrogens is 1. The van der Waals surface area contributed by atoms with Gasteiger partial charge >= 0.3 is 0 Å². The standard InChI is InChI=1S/C15H18FN3/c1-9-13(10-3-7-12(16)8-4-10)19-14(18-9)15(2,17)11-5-6-11/h3-4,7-8,11H,5-6,17H2,1-2H3,(H,18,19). The predicted molar refractivity (Wildman–Crippen MR) is 73.0 cm³/mol. The quantitative estimate of drug-likeness (QED) is 0.889. The number of imidazole rings is 1. The molecule has 1 aromatic heterocycles. The van der Waals surface area contributed by atoms with Crippen LogP contribution in [-0.2, 0) is 5.54 Å². The molecule has 3 N–H and O–H groups in total. The van der Waals surface area contributed by atoms with Gasteiger partial charge in [-0.25, -0.2) is 9.37 Å². The molecule has 1 aliphatic rings. The van der Waals surface area contributed by atoms with E-state index in [1.54, 1.807) is 12.1 Å². The van der Waals surface area contributed by atoms with Crippen LogP contribution >= 0.6 is 0 Å². The fourth-order valence-electron chi connectivity index (χ4n) is 2.48. The fraction of sp³-hybridized carbons (Fsp3) is 0.400. The second-order valence-electron chi connectivity index (χ2n) is 5.62. The van der Waals surface area contributed by atoms with Gasteiger partial charge in [-0.15, -0.1) is 0 Å². The maximum atomic E-state index is 13.0. The number of benzene rings is 1. The van der Waals surface area contributed by atoms with Gasteiger partial charge in [-0.05, 0) is 56.9 Å². The summed E-state index contributed by atoms with van der Waals surface area (Å²) in [6, 6.07) is 6.39. The number of nitrogens with one attached hydrogen (secondary N) is 1. The molecule has 0 spiro atoms. The van der Waals surface area contributed by atoms with Crippen molar-refractivity contribution in [1.82, 2.24) is 9.97 Å².